The Morgan fingerprint density at radius 1 is 1.33 bits per heavy atom. The SMILES string of the molecule is O=C(O)CCc1nnnn1-c1ccc(F)c(F)c1. The Labute approximate surface area is 99.9 Å². The van der Waals surface area contributed by atoms with Gasteiger partial charge in [0.2, 0.25) is 0 Å². The van der Waals surface area contributed by atoms with Gasteiger partial charge >= 0.3 is 5.97 Å². The lowest BCUT2D eigenvalue weighted by Crippen LogP contribution is -2.07. The van der Waals surface area contributed by atoms with E-state index in [1.165, 1.54) is 10.7 Å². The first kappa shape index (κ1) is 12.1. The summed E-state index contributed by atoms with van der Waals surface area (Å²) in [7, 11) is 0. The maximum Gasteiger partial charge on any atom is 0.303 e. The van der Waals surface area contributed by atoms with E-state index in [0.29, 0.717) is 0 Å². The molecule has 2 rings (SSSR count). The van der Waals surface area contributed by atoms with Gasteiger partial charge in [-0.1, -0.05) is 0 Å². The Morgan fingerprint density at radius 3 is 2.78 bits per heavy atom. The van der Waals surface area contributed by atoms with E-state index in [9.17, 15) is 13.6 Å². The molecule has 1 aromatic heterocycles. The molecule has 0 saturated carbocycles. The number of benzene rings is 1. The fourth-order valence-electron chi connectivity index (χ4n) is 1.40. The predicted molar refractivity (Wildman–Crippen MR) is 55.0 cm³/mol. The van der Waals surface area contributed by atoms with Crippen LogP contribution in [0, 0.1) is 11.6 Å². The zero-order valence-electron chi connectivity index (χ0n) is 9.05. The lowest BCUT2D eigenvalue weighted by atomic mass is 10.2. The van der Waals surface area contributed by atoms with Crippen LogP contribution in [0.1, 0.15) is 12.2 Å². The van der Waals surface area contributed by atoms with Gasteiger partial charge in [-0.15, -0.1) is 5.10 Å². The van der Waals surface area contributed by atoms with Crippen LogP contribution in [0.4, 0.5) is 8.78 Å². The van der Waals surface area contributed by atoms with Crippen molar-refractivity contribution in [3.05, 3.63) is 35.7 Å². The molecule has 1 aromatic carbocycles. The van der Waals surface area contributed by atoms with Gasteiger partial charge in [0.1, 0.15) is 0 Å². The number of tetrazole rings is 1. The standard InChI is InChI=1S/C10H8F2N4O2/c11-7-2-1-6(5-8(7)12)16-9(13-14-15-16)3-4-10(17)18/h1-2,5H,3-4H2,(H,17,18). The highest BCUT2D eigenvalue weighted by atomic mass is 19.2. The summed E-state index contributed by atoms with van der Waals surface area (Å²) in [6.45, 7) is 0. The molecule has 0 aliphatic carbocycles. The van der Waals surface area contributed by atoms with Crippen molar-refractivity contribution in [3.8, 4) is 5.69 Å². The predicted octanol–water partition coefficient (Wildman–Crippen LogP) is 0.958. The number of aliphatic carboxylic acids is 1. The molecule has 0 aliphatic heterocycles. The molecule has 1 N–H and O–H groups in total. The Bertz CT molecular complexity index is 585. The van der Waals surface area contributed by atoms with Gasteiger partial charge < -0.3 is 5.11 Å². The quantitative estimate of drug-likeness (QED) is 0.878. The molecule has 18 heavy (non-hydrogen) atoms. The van der Waals surface area contributed by atoms with Crippen LogP contribution in [0.15, 0.2) is 18.2 Å². The van der Waals surface area contributed by atoms with Crippen LogP contribution in [0.3, 0.4) is 0 Å². The second kappa shape index (κ2) is 4.86. The minimum absolute atomic E-state index is 0.0985. The van der Waals surface area contributed by atoms with Crippen LogP contribution in [0.5, 0.6) is 0 Å². The van der Waals surface area contributed by atoms with Gasteiger partial charge in [-0.05, 0) is 22.6 Å². The highest BCUT2D eigenvalue weighted by Gasteiger charge is 2.12. The normalized spacial score (nSPS) is 10.6. The number of hydrogen-bond donors (Lipinski definition) is 1. The molecule has 0 radical (unpaired) electrons. The first-order valence-electron chi connectivity index (χ1n) is 5.02. The van der Waals surface area contributed by atoms with E-state index in [4.69, 9.17) is 5.11 Å². The Balaban J connectivity index is 2.30. The number of carbonyl (C=O) groups is 1. The van der Waals surface area contributed by atoms with Gasteiger partial charge in [0.25, 0.3) is 0 Å². The lowest BCUT2D eigenvalue weighted by molar-refractivity contribution is -0.137. The molecule has 8 heteroatoms. The van der Waals surface area contributed by atoms with E-state index < -0.39 is 17.6 Å². The number of carboxylic acids is 1. The summed E-state index contributed by atoms with van der Waals surface area (Å²) in [5, 5.41) is 19.2. The second-order valence-corrected chi connectivity index (χ2v) is 3.50. The molecule has 0 spiro atoms. The molecule has 94 valence electrons. The van der Waals surface area contributed by atoms with E-state index >= 15 is 0 Å². The van der Waals surface area contributed by atoms with Crippen molar-refractivity contribution < 1.29 is 18.7 Å². The average Bonchev–Trinajstić information content (AvgIpc) is 2.78. The Kier molecular flexibility index (Phi) is 3.26. The van der Waals surface area contributed by atoms with Crippen LogP contribution in [0.25, 0.3) is 5.69 Å². The maximum absolute atomic E-state index is 13.1. The van der Waals surface area contributed by atoms with E-state index in [1.807, 2.05) is 0 Å². The number of rotatable bonds is 4. The topological polar surface area (TPSA) is 80.9 Å². The lowest BCUT2D eigenvalue weighted by Gasteiger charge is -2.03. The number of aromatic nitrogens is 4. The first-order valence-corrected chi connectivity index (χ1v) is 5.02. The zero-order valence-corrected chi connectivity index (χ0v) is 9.05. The fraction of sp³-hybridized carbons (Fsp3) is 0.200. The third-order valence-corrected chi connectivity index (χ3v) is 2.24. The molecule has 1 heterocycles. The van der Waals surface area contributed by atoms with Crippen molar-refractivity contribution in [2.45, 2.75) is 12.8 Å². The largest absolute Gasteiger partial charge is 0.481 e. The summed E-state index contributed by atoms with van der Waals surface area (Å²) in [5.41, 5.74) is 0.235. The molecule has 6 nitrogen and oxygen atoms in total. The second-order valence-electron chi connectivity index (χ2n) is 3.50. The molecule has 0 saturated heterocycles. The molecule has 0 atom stereocenters. The van der Waals surface area contributed by atoms with E-state index in [1.54, 1.807) is 0 Å². The molecular weight excluding hydrogens is 246 g/mol. The summed E-state index contributed by atoms with van der Waals surface area (Å²) in [5.74, 6) is -2.72. The van der Waals surface area contributed by atoms with Gasteiger partial charge in [0.05, 0.1) is 12.1 Å². The van der Waals surface area contributed by atoms with Gasteiger partial charge in [0, 0.05) is 12.5 Å². The molecule has 0 unspecified atom stereocenters. The van der Waals surface area contributed by atoms with E-state index in [0.717, 1.165) is 12.1 Å². The van der Waals surface area contributed by atoms with Crippen molar-refractivity contribution in [1.82, 2.24) is 20.2 Å². The summed E-state index contributed by atoms with van der Waals surface area (Å²) in [6, 6.07) is 3.20. The summed E-state index contributed by atoms with van der Waals surface area (Å²) in [6.07, 6.45) is -0.0502. The molecular formula is C10H8F2N4O2. The highest BCUT2D eigenvalue weighted by molar-refractivity contribution is 5.66. The molecule has 0 bridgehead atoms. The smallest absolute Gasteiger partial charge is 0.303 e. The van der Waals surface area contributed by atoms with Crippen LogP contribution < -0.4 is 0 Å². The molecule has 0 fully saturated rings. The van der Waals surface area contributed by atoms with Crippen LogP contribution in [-0.2, 0) is 11.2 Å². The third-order valence-electron chi connectivity index (χ3n) is 2.24. The minimum Gasteiger partial charge on any atom is -0.481 e. The van der Waals surface area contributed by atoms with Crippen molar-refractivity contribution in [2.75, 3.05) is 0 Å². The van der Waals surface area contributed by atoms with Crippen molar-refractivity contribution in [1.29, 1.82) is 0 Å². The van der Waals surface area contributed by atoms with E-state index in [2.05, 4.69) is 15.5 Å². The van der Waals surface area contributed by atoms with Crippen LogP contribution >= 0.6 is 0 Å². The third kappa shape index (κ3) is 2.47. The minimum atomic E-state index is -1.02. The molecule has 0 aliphatic rings. The molecule has 0 amide bonds. The number of halogens is 2. The van der Waals surface area contributed by atoms with Gasteiger partial charge in [0.15, 0.2) is 17.5 Å². The number of hydrogen-bond acceptors (Lipinski definition) is 4. The number of aryl methyl sites for hydroxylation is 1. The van der Waals surface area contributed by atoms with Gasteiger partial charge in [-0.3, -0.25) is 4.79 Å². The van der Waals surface area contributed by atoms with Crippen molar-refractivity contribution in [2.24, 2.45) is 0 Å². The maximum atomic E-state index is 13.1. The monoisotopic (exact) mass is 254 g/mol. The zero-order chi connectivity index (χ0) is 13.1. The van der Waals surface area contributed by atoms with Crippen LogP contribution in [-0.4, -0.2) is 31.3 Å². The fourth-order valence-corrected chi connectivity index (χ4v) is 1.40. The Hall–Kier alpha value is -2.38. The van der Waals surface area contributed by atoms with Gasteiger partial charge in [-0.25, -0.2) is 8.78 Å². The van der Waals surface area contributed by atoms with Crippen LogP contribution in [0.2, 0.25) is 0 Å². The Morgan fingerprint density at radius 2 is 2.11 bits per heavy atom. The summed E-state index contributed by atoms with van der Waals surface area (Å²) >= 11 is 0. The van der Waals surface area contributed by atoms with Gasteiger partial charge in [-0.2, -0.15) is 4.68 Å². The molecule has 2 aromatic rings. The van der Waals surface area contributed by atoms with Crippen molar-refractivity contribution >= 4 is 5.97 Å². The first-order chi connectivity index (χ1) is 8.58. The number of carboxylic acid groups (broad SMARTS) is 1. The average molecular weight is 254 g/mol. The van der Waals surface area contributed by atoms with E-state index in [-0.39, 0.29) is 24.4 Å². The summed E-state index contributed by atoms with van der Waals surface area (Å²) in [4.78, 5) is 10.5. The number of nitrogens with zero attached hydrogens (tertiary/aromatic N) is 4. The highest BCUT2D eigenvalue weighted by Crippen LogP contribution is 2.13. The van der Waals surface area contributed by atoms with Crippen molar-refractivity contribution in [3.63, 3.8) is 0 Å². The summed E-state index contributed by atoms with van der Waals surface area (Å²) < 4.78 is 27.0.